The van der Waals surface area contributed by atoms with Crippen molar-refractivity contribution in [2.75, 3.05) is 11.9 Å². The number of fused-ring (bicyclic) bond motifs is 1. The van der Waals surface area contributed by atoms with Crippen molar-refractivity contribution in [3.8, 4) is 0 Å². The summed E-state index contributed by atoms with van der Waals surface area (Å²) in [6.07, 6.45) is 1.73. The van der Waals surface area contributed by atoms with Gasteiger partial charge in [0.1, 0.15) is 5.82 Å². The molecule has 0 saturated heterocycles. The van der Waals surface area contributed by atoms with E-state index in [1.165, 1.54) is 0 Å². The van der Waals surface area contributed by atoms with E-state index in [4.69, 9.17) is 4.42 Å². The molecule has 0 bridgehead atoms. The molecule has 20 heavy (non-hydrogen) atoms. The number of benzene rings is 1. The molecule has 2 aromatic heterocycles. The summed E-state index contributed by atoms with van der Waals surface area (Å²) in [6.45, 7) is 3.23. The summed E-state index contributed by atoms with van der Waals surface area (Å²) >= 11 is 0. The second kappa shape index (κ2) is 5.21. The van der Waals surface area contributed by atoms with Gasteiger partial charge < -0.3 is 9.73 Å². The predicted octanol–water partition coefficient (Wildman–Crippen LogP) is 2.47. The molecular weight excluding hydrogens is 254 g/mol. The lowest BCUT2D eigenvalue weighted by Crippen LogP contribution is -2.16. The zero-order chi connectivity index (χ0) is 13.9. The number of para-hydroxylation sites is 2. The number of rotatable bonds is 4. The number of oxazole rings is 1. The molecule has 1 aromatic carbocycles. The predicted molar refractivity (Wildman–Crippen MR) is 78.0 cm³/mol. The molecular formula is C15H15N3O2. The van der Waals surface area contributed by atoms with Crippen LogP contribution >= 0.6 is 0 Å². The van der Waals surface area contributed by atoms with Crippen LogP contribution in [0, 0.1) is 0 Å². The van der Waals surface area contributed by atoms with Crippen molar-refractivity contribution < 1.29 is 4.42 Å². The number of hydrogen-bond acceptors (Lipinski definition) is 4. The van der Waals surface area contributed by atoms with Gasteiger partial charge in [0.2, 0.25) is 0 Å². The van der Waals surface area contributed by atoms with E-state index in [-0.39, 0.29) is 5.76 Å². The Hall–Kier alpha value is -2.56. The third kappa shape index (κ3) is 2.18. The molecule has 5 nitrogen and oxygen atoms in total. The van der Waals surface area contributed by atoms with Crippen molar-refractivity contribution in [1.29, 1.82) is 0 Å². The van der Waals surface area contributed by atoms with E-state index < -0.39 is 0 Å². The van der Waals surface area contributed by atoms with Crippen LogP contribution in [0.25, 0.3) is 11.1 Å². The van der Waals surface area contributed by atoms with E-state index >= 15 is 0 Å². The highest BCUT2D eigenvalue weighted by Crippen LogP contribution is 2.17. The normalized spacial score (nSPS) is 10.8. The smallest absolute Gasteiger partial charge is 0.408 e. The number of anilines is 1. The number of pyridine rings is 1. The minimum absolute atomic E-state index is 0.350. The summed E-state index contributed by atoms with van der Waals surface area (Å²) in [5, 5.41) is 3.20. The van der Waals surface area contributed by atoms with Crippen LogP contribution < -0.4 is 11.1 Å². The monoisotopic (exact) mass is 269 g/mol. The highest BCUT2D eigenvalue weighted by molar-refractivity contribution is 5.72. The zero-order valence-electron chi connectivity index (χ0n) is 11.2. The van der Waals surface area contributed by atoms with E-state index in [1.54, 1.807) is 16.8 Å². The highest BCUT2D eigenvalue weighted by atomic mass is 16.4. The maximum atomic E-state index is 12.0. The highest BCUT2D eigenvalue weighted by Gasteiger charge is 2.11. The van der Waals surface area contributed by atoms with E-state index in [1.807, 2.05) is 37.3 Å². The van der Waals surface area contributed by atoms with Gasteiger partial charge in [0.05, 0.1) is 12.1 Å². The first-order valence-corrected chi connectivity index (χ1v) is 6.55. The Balaban J connectivity index is 2.06. The van der Waals surface area contributed by atoms with Crippen molar-refractivity contribution in [3.63, 3.8) is 0 Å². The molecule has 0 unspecified atom stereocenters. The van der Waals surface area contributed by atoms with Gasteiger partial charge in [-0.05, 0) is 25.1 Å². The Kier molecular flexibility index (Phi) is 3.25. The molecule has 0 saturated carbocycles. The average Bonchev–Trinajstić information content (AvgIpc) is 2.78. The van der Waals surface area contributed by atoms with Gasteiger partial charge in [0, 0.05) is 18.3 Å². The number of hydrogen-bond donors (Lipinski definition) is 1. The average molecular weight is 269 g/mol. The second-order valence-corrected chi connectivity index (χ2v) is 4.46. The van der Waals surface area contributed by atoms with Crippen molar-refractivity contribution in [3.05, 3.63) is 58.7 Å². The fraction of sp³-hybridized carbons (Fsp3) is 0.200. The molecule has 3 aromatic rings. The molecule has 3 rings (SSSR count). The van der Waals surface area contributed by atoms with Crippen LogP contribution in [0.5, 0.6) is 0 Å². The fourth-order valence-corrected chi connectivity index (χ4v) is 2.23. The second-order valence-electron chi connectivity index (χ2n) is 4.46. The Morgan fingerprint density at radius 1 is 1.25 bits per heavy atom. The van der Waals surface area contributed by atoms with Crippen molar-refractivity contribution in [2.24, 2.45) is 0 Å². The van der Waals surface area contributed by atoms with Gasteiger partial charge in [0.15, 0.2) is 5.58 Å². The number of aromatic nitrogens is 2. The fourth-order valence-electron chi connectivity index (χ4n) is 2.23. The maximum absolute atomic E-state index is 12.0. The lowest BCUT2D eigenvalue weighted by molar-refractivity contribution is 0.517. The minimum atomic E-state index is -0.350. The molecule has 0 amide bonds. The minimum Gasteiger partial charge on any atom is -0.408 e. The lowest BCUT2D eigenvalue weighted by Gasteiger charge is -2.09. The van der Waals surface area contributed by atoms with Gasteiger partial charge in [-0.3, -0.25) is 4.57 Å². The molecule has 0 spiro atoms. The van der Waals surface area contributed by atoms with Crippen LogP contribution in [0.4, 0.5) is 5.82 Å². The zero-order valence-corrected chi connectivity index (χ0v) is 11.2. The van der Waals surface area contributed by atoms with Gasteiger partial charge in [-0.15, -0.1) is 0 Å². The molecule has 0 radical (unpaired) electrons. The van der Waals surface area contributed by atoms with E-state index in [2.05, 4.69) is 10.3 Å². The SMILES string of the molecule is CCNc1ncccc1Cn1c(=O)oc2ccccc21. The number of nitrogens with one attached hydrogen (secondary N) is 1. The van der Waals surface area contributed by atoms with Crippen LogP contribution in [0.1, 0.15) is 12.5 Å². The summed E-state index contributed by atoms with van der Waals surface area (Å²) in [7, 11) is 0. The summed E-state index contributed by atoms with van der Waals surface area (Å²) in [6, 6.07) is 11.2. The summed E-state index contributed by atoms with van der Waals surface area (Å²) in [4.78, 5) is 16.3. The molecule has 102 valence electrons. The molecule has 0 aliphatic heterocycles. The molecule has 2 heterocycles. The molecule has 0 fully saturated rings. The van der Waals surface area contributed by atoms with Crippen molar-refractivity contribution >= 4 is 16.9 Å². The first-order valence-electron chi connectivity index (χ1n) is 6.55. The van der Waals surface area contributed by atoms with E-state index in [0.29, 0.717) is 12.1 Å². The van der Waals surface area contributed by atoms with Crippen LogP contribution in [-0.2, 0) is 6.54 Å². The quantitative estimate of drug-likeness (QED) is 0.790. The molecule has 0 aliphatic rings. The maximum Gasteiger partial charge on any atom is 0.420 e. The Bertz CT molecular complexity index is 789. The summed E-state index contributed by atoms with van der Waals surface area (Å²) in [5.74, 6) is 0.449. The summed E-state index contributed by atoms with van der Waals surface area (Å²) in [5.41, 5.74) is 2.36. The van der Waals surface area contributed by atoms with Crippen LogP contribution in [0.3, 0.4) is 0 Å². The first kappa shape index (κ1) is 12.5. The van der Waals surface area contributed by atoms with Crippen molar-refractivity contribution in [2.45, 2.75) is 13.5 Å². The first-order chi connectivity index (χ1) is 9.79. The van der Waals surface area contributed by atoms with Crippen molar-refractivity contribution in [1.82, 2.24) is 9.55 Å². The number of nitrogens with zero attached hydrogens (tertiary/aromatic N) is 2. The molecule has 1 N–H and O–H groups in total. The van der Waals surface area contributed by atoms with E-state index in [9.17, 15) is 4.79 Å². The van der Waals surface area contributed by atoms with Crippen LogP contribution in [-0.4, -0.2) is 16.1 Å². The van der Waals surface area contributed by atoms with Gasteiger partial charge in [-0.2, -0.15) is 0 Å². The third-order valence-electron chi connectivity index (χ3n) is 3.14. The van der Waals surface area contributed by atoms with E-state index in [0.717, 1.165) is 23.4 Å². The molecule has 5 heteroatoms. The lowest BCUT2D eigenvalue weighted by atomic mass is 10.2. The van der Waals surface area contributed by atoms with Crippen LogP contribution in [0.2, 0.25) is 0 Å². The van der Waals surface area contributed by atoms with Gasteiger partial charge in [-0.25, -0.2) is 9.78 Å². The Morgan fingerprint density at radius 2 is 2.10 bits per heavy atom. The molecule has 0 atom stereocenters. The van der Waals surface area contributed by atoms with Gasteiger partial charge >= 0.3 is 5.76 Å². The third-order valence-corrected chi connectivity index (χ3v) is 3.14. The summed E-state index contributed by atoms with van der Waals surface area (Å²) < 4.78 is 6.86. The largest absolute Gasteiger partial charge is 0.420 e. The standard InChI is InChI=1S/C15H15N3O2/c1-2-16-14-11(6-5-9-17-14)10-18-12-7-3-4-8-13(12)20-15(18)19/h3-9H,2,10H2,1H3,(H,16,17). The topological polar surface area (TPSA) is 60.1 Å². The Morgan fingerprint density at radius 3 is 2.95 bits per heavy atom. The molecule has 0 aliphatic carbocycles. The van der Waals surface area contributed by atoms with Crippen LogP contribution in [0.15, 0.2) is 51.8 Å². The Labute approximate surface area is 115 Å². The van der Waals surface area contributed by atoms with Gasteiger partial charge in [0.25, 0.3) is 0 Å². The van der Waals surface area contributed by atoms with Gasteiger partial charge in [-0.1, -0.05) is 18.2 Å².